The van der Waals surface area contributed by atoms with Crippen molar-refractivity contribution in [3.05, 3.63) is 0 Å². The summed E-state index contributed by atoms with van der Waals surface area (Å²) in [5.41, 5.74) is -2.97. The summed E-state index contributed by atoms with van der Waals surface area (Å²) in [6, 6.07) is 0. The zero-order valence-electron chi connectivity index (χ0n) is 9.07. The van der Waals surface area contributed by atoms with E-state index in [1.807, 2.05) is 20.8 Å². The van der Waals surface area contributed by atoms with E-state index in [1.165, 1.54) is 7.11 Å². The third kappa shape index (κ3) is 0.692. The molecule has 1 saturated carbocycles. The van der Waals surface area contributed by atoms with Crippen molar-refractivity contribution in [1.29, 1.82) is 0 Å². The highest BCUT2D eigenvalue weighted by molar-refractivity contribution is 5.38. The van der Waals surface area contributed by atoms with Crippen molar-refractivity contribution < 1.29 is 19.7 Å². The lowest BCUT2D eigenvalue weighted by Crippen LogP contribution is -2.35. The highest BCUT2D eigenvalue weighted by Gasteiger charge is 2.92. The molecule has 0 spiro atoms. The molecule has 2 fully saturated rings. The predicted molar refractivity (Wildman–Crippen MR) is 49.6 cm³/mol. The van der Waals surface area contributed by atoms with E-state index in [-0.39, 0.29) is 6.10 Å². The second kappa shape index (κ2) is 2.50. The summed E-state index contributed by atoms with van der Waals surface area (Å²) in [6.45, 7) is 5.60. The minimum absolute atomic E-state index is 0.340. The molecule has 0 aromatic heterocycles. The SMILES string of the molecule is CC[C@H]1OC(OC)[C@@]2(O)C(C)(C)[C@@]12O. The van der Waals surface area contributed by atoms with Crippen molar-refractivity contribution in [2.75, 3.05) is 7.11 Å². The van der Waals surface area contributed by atoms with Gasteiger partial charge in [0.2, 0.25) is 0 Å². The molecule has 0 aromatic carbocycles. The molecule has 0 bridgehead atoms. The predicted octanol–water partition coefficient (Wildman–Crippen LogP) is 0.270. The van der Waals surface area contributed by atoms with Gasteiger partial charge in [0.05, 0.1) is 6.10 Å². The minimum atomic E-state index is -1.25. The third-order valence-electron chi connectivity index (χ3n) is 4.10. The van der Waals surface area contributed by atoms with Crippen molar-refractivity contribution in [3.8, 4) is 0 Å². The van der Waals surface area contributed by atoms with Gasteiger partial charge in [-0.25, -0.2) is 0 Å². The van der Waals surface area contributed by atoms with Crippen LogP contribution >= 0.6 is 0 Å². The molecule has 1 heterocycles. The molecule has 1 aliphatic carbocycles. The van der Waals surface area contributed by atoms with E-state index in [9.17, 15) is 10.2 Å². The van der Waals surface area contributed by atoms with Gasteiger partial charge in [-0.1, -0.05) is 20.8 Å². The lowest BCUT2D eigenvalue weighted by Gasteiger charge is -2.25. The normalized spacial score (nSPS) is 54.4. The molecule has 0 amide bonds. The number of ether oxygens (including phenoxy) is 2. The van der Waals surface area contributed by atoms with Gasteiger partial charge in [-0.15, -0.1) is 0 Å². The number of fused-ring (bicyclic) bond motifs is 1. The van der Waals surface area contributed by atoms with Gasteiger partial charge >= 0.3 is 0 Å². The van der Waals surface area contributed by atoms with Gasteiger partial charge in [0.15, 0.2) is 11.9 Å². The van der Waals surface area contributed by atoms with Gasteiger partial charge in [-0.3, -0.25) is 0 Å². The smallest absolute Gasteiger partial charge is 0.190 e. The molecule has 0 aromatic rings. The van der Waals surface area contributed by atoms with E-state index >= 15 is 0 Å². The molecule has 4 atom stereocenters. The Kier molecular flexibility index (Phi) is 1.85. The highest BCUT2D eigenvalue weighted by Crippen LogP contribution is 2.73. The number of hydrogen-bond donors (Lipinski definition) is 2. The van der Waals surface area contributed by atoms with Gasteiger partial charge in [0.25, 0.3) is 0 Å². The van der Waals surface area contributed by atoms with Crippen LogP contribution in [0.5, 0.6) is 0 Å². The highest BCUT2D eigenvalue weighted by atomic mass is 16.7. The standard InChI is InChI=1S/C10H18O4/c1-5-6-9(11)8(2,3)10(9,12)7(13-4)14-6/h6-7,11-12H,5H2,1-4H3/t6-,7?,9+,10-/m1/s1. The molecular weight excluding hydrogens is 184 g/mol. The van der Waals surface area contributed by atoms with Crippen LogP contribution in [0, 0.1) is 5.41 Å². The maximum absolute atomic E-state index is 10.4. The summed E-state index contributed by atoms with van der Waals surface area (Å²) in [7, 11) is 1.48. The van der Waals surface area contributed by atoms with Crippen molar-refractivity contribution >= 4 is 0 Å². The van der Waals surface area contributed by atoms with Crippen LogP contribution < -0.4 is 0 Å². The third-order valence-corrected chi connectivity index (χ3v) is 4.10. The van der Waals surface area contributed by atoms with Crippen LogP contribution in [0.3, 0.4) is 0 Å². The van der Waals surface area contributed by atoms with Crippen molar-refractivity contribution in [3.63, 3.8) is 0 Å². The fraction of sp³-hybridized carbons (Fsp3) is 1.00. The molecule has 2 rings (SSSR count). The largest absolute Gasteiger partial charge is 0.383 e. The average molecular weight is 202 g/mol. The Morgan fingerprint density at radius 1 is 1.29 bits per heavy atom. The topological polar surface area (TPSA) is 58.9 Å². The average Bonchev–Trinajstić information content (AvgIpc) is 2.42. The first-order chi connectivity index (χ1) is 6.37. The van der Waals surface area contributed by atoms with Gasteiger partial charge in [-0.2, -0.15) is 0 Å². The molecular formula is C10H18O4. The fourth-order valence-corrected chi connectivity index (χ4v) is 2.98. The number of hydrogen-bond acceptors (Lipinski definition) is 4. The van der Waals surface area contributed by atoms with Crippen molar-refractivity contribution in [2.45, 2.75) is 50.8 Å². The van der Waals surface area contributed by atoms with Crippen LogP contribution in [0.15, 0.2) is 0 Å². The molecule has 4 heteroatoms. The lowest BCUT2D eigenvalue weighted by molar-refractivity contribution is -0.195. The second-order valence-electron chi connectivity index (χ2n) is 4.76. The first kappa shape index (κ1) is 10.4. The molecule has 14 heavy (non-hydrogen) atoms. The van der Waals surface area contributed by atoms with Crippen LogP contribution in [0.4, 0.5) is 0 Å². The Labute approximate surface area is 83.8 Å². The van der Waals surface area contributed by atoms with E-state index in [2.05, 4.69) is 0 Å². The summed E-state index contributed by atoms with van der Waals surface area (Å²) in [5.74, 6) is 0. The zero-order valence-corrected chi connectivity index (χ0v) is 9.07. The molecule has 2 N–H and O–H groups in total. The van der Waals surface area contributed by atoms with Crippen molar-refractivity contribution in [2.24, 2.45) is 5.41 Å². The Bertz CT molecular complexity index is 241. The molecule has 0 radical (unpaired) electrons. The van der Waals surface area contributed by atoms with Gasteiger partial charge in [0, 0.05) is 12.5 Å². The van der Waals surface area contributed by atoms with E-state index in [0.29, 0.717) is 6.42 Å². The van der Waals surface area contributed by atoms with Gasteiger partial charge in [-0.05, 0) is 6.42 Å². The Morgan fingerprint density at radius 3 is 2.14 bits per heavy atom. The monoisotopic (exact) mass is 202 g/mol. The summed E-state index contributed by atoms with van der Waals surface area (Å²) < 4.78 is 10.5. The van der Waals surface area contributed by atoms with Crippen LogP contribution in [0.2, 0.25) is 0 Å². The summed E-state index contributed by atoms with van der Waals surface area (Å²) >= 11 is 0. The van der Waals surface area contributed by atoms with E-state index in [1.54, 1.807) is 0 Å². The van der Waals surface area contributed by atoms with Crippen molar-refractivity contribution in [1.82, 2.24) is 0 Å². The maximum atomic E-state index is 10.4. The Morgan fingerprint density at radius 2 is 1.86 bits per heavy atom. The lowest BCUT2D eigenvalue weighted by atomic mass is 10.00. The molecule has 82 valence electrons. The first-order valence-corrected chi connectivity index (χ1v) is 5.01. The van der Waals surface area contributed by atoms with E-state index in [4.69, 9.17) is 9.47 Å². The molecule has 1 aliphatic heterocycles. The molecule has 4 nitrogen and oxygen atoms in total. The number of aliphatic hydroxyl groups is 2. The zero-order chi connectivity index (χ0) is 10.8. The Hall–Kier alpha value is -0.160. The van der Waals surface area contributed by atoms with E-state index in [0.717, 1.165) is 0 Å². The minimum Gasteiger partial charge on any atom is -0.383 e. The number of methoxy groups -OCH3 is 1. The second-order valence-corrected chi connectivity index (χ2v) is 4.76. The van der Waals surface area contributed by atoms with Gasteiger partial charge < -0.3 is 19.7 Å². The van der Waals surface area contributed by atoms with Gasteiger partial charge in [0.1, 0.15) is 5.60 Å². The molecule has 1 saturated heterocycles. The molecule has 2 aliphatic rings. The summed E-state index contributed by atoms with van der Waals surface area (Å²) in [5, 5.41) is 20.7. The number of rotatable bonds is 2. The quantitative estimate of drug-likeness (QED) is 0.675. The fourth-order valence-electron chi connectivity index (χ4n) is 2.98. The van der Waals surface area contributed by atoms with E-state index < -0.39 is 22.9 Å². The maximum Gasteiger partial charge on any atom is 0.190 e. The first-order valence-electron chi connectivity index (χ1n) is 5.01. The summed E-state index contributed by atoms with van der Waals surface area (Å²) in [6.07, 6.45) is -0.387. The van der Waals surface area contributed by atoms with Crippen LogP contribution in [-0.2, 0) is 9.47 Å². The van der Waals surface area contributed by atoms with Crippen LogP contribution in [-0.4, -0.2) is 40.9 Å². The van der Waals surface area contributed by atoms with Crippen LogP contribution in [0.25, 0.3) is 0 Å². The summed E-state index contributed by atoms with van der Waals surface area (Å²) in [4.78, 5) is 0. The Balaban J connectivity index is 2.37. The molecule has 1 unspecified atom stereocenters. The van der Waals surface area contributed by atoms with Crippen LogP contribution in [0.1, 0.15) is 27.2 Å².